The first-order chi connectivity index (χ1) is 9.72. The van der Waals surface area contributed by atoms with Crippen molar-refractivity contribution in [1.82, 2.24) is 0 Å². The largest absolute Gasteiger partial charge is 0.488 e. The van der Waals surface area contributed by atoms with E-state index in [9.17, 15) is 4.79 Å². The van der Waals surface area contributed by atoms with Crippen LogP contribution in [0.4, 0.5) is 0 Å². The molecular formula is C17H19ClO2. The normalized spacial score (nSPS) is 38.0. The van der Waals surface area contributed by atoms with Crippen molar-refractivity contribution in [1.29, 1.82) is 0 Å². The summed E-state index contributed by atoms with van der Waals surface area (Å²) in [7, 11) is 0. The Balaban J connectivity index is 1.56. The third kappa shape index (κ3) is 2.05. The maximum Gasteiger partial charge on any atom is 0.150 e. The van der Waals surface area contributed by atoms with Gasteiger partial charge in [-0.15, -0.1) is 0 Å². The SMILES string of the molecule is O=Cc1ccc(OC2C3CC4CC(C3)CC2C4)c(Cl)c1. The van der Waals surface area contributed by atoms with Gasteiger partial charge in [-0.2, -0.15) is 0 Å². The standard InChI is InChI=1S/C17H19ClO2/c18-15-8-10(9-19)1-2-16(15)20-17-13-4-11-3-12(6-13)7-14(17)5-11/h1-2,8-9,11-14,17H,3-7H2. The Morgan fingerprint density at radius 1 is 1.05 bits per heavy atom. The molecule has 1 aromatic rings. The van der Waals surface area contributed by atoms with Crippen molar-refractivity contribution in [3.05, 3.63) is 28.8 Å². The molecule has 0 aliphatic heterocycles. The van der Waals surface area contributed by atoms with Crippen molar-refractivity contribution >= 4 is 17.9 Å². The first-order valence-corrected chi connectivity index (χ1v) is 8.02. The summed E-state index contributed by atoms with van der Waals surface area (Å²) in [6.07, 6.45) is 7.95. The van der Waals surface area contributed by atoms with Crippen LogP contribution in [0, 0.1) is 23.7 Å². The number of aldehydes is 1. The van der Waals surface area contributed by atoms with Crippen molar-refractivity contribution in [3.8, 4) is 5.75 Å². The number of carbonyl (C=O) groups excluding carboxylic acids is 1. The maximum absolute atomic E-state index is 10.8. The second kappa shape index (κ2) is 4.77. The van der Waals surface area contributed by atoms with Crippen molar-refractivity contribution in [2.24, 2.45) is 23.7 Å². The lowest BCUT2D eigenvalue weighted by Gasteiger charge is -2.53. The number of hydrogen-bond donors (Lipinski definition) is 0. The smallest absolute Gasteiger partial charge is 0.150 e. The molecule has 20 heavy (non-hydrogen) atoms. The Kier molecular flexibility index (Phi) is 3.03. The Labute approximate surface area is 124 Å². The molecule has 0 spiro atoms. The molecule has 1 aromatic carbocycles. The molecule has 106 valence electrons. The van der Waals surface area contributed by atoms with Gasteiger partial charge in [0.1, 0.15) is 18.1 Å². The zero-order valence-electron chi connectivity index (χ0n) is 11.4. The predicted molar refractivity (Wildman–Crippen MR) is 78.3 cm³/mol. The lowest BCUT2D eigenvalue weighted by atomic mass is 9.55. The number of benzene rings is 1. The Bertz CT molecular complexity index is 512. The average Bonchev–Trinajstić information content (AvgIpc) is 2.43. The molecular weight excluding hydrogens is 272 g/mol. The van der Waals surface area contributed by atoms with Gasteiger partial charge >= 0.3 is 0 Å². The Hall–Kier alpha value is -1.02. The molecule has 4 aliphatic carbocycles. The van der Waals surface area contributed by atoms with E-state index in [1.807, 2.05) is 6.07 Å². The van der Waals surface area contributed by atoms with E-state index in [0.29, 0.717) is 28.5 Å². The molecule has 0 aromatic heterocycles. The molecule has 4 bridgehead atoms. The quantitative estimate of drug-likeness (QED) is 0.773. The first kappa shape index (κ1) is 12.7. The molecule has 0 amide bonds. The summed E-state index contributed by atoms with van der Waals surface area (Å²) in [5, 5.41) is 0.559. The fourth-order valence-electron chi connectivity index (χ4n) is 4.90. The van der Waals surface area contributed by atoms with Crippen LogP contribution in [0.25, 0.3) is 0 Å². The lowest BCUT2D eigenvalue weighted by Crippen LogP contribution is -2.50. The third-order valence-electron chi connectivity index (χ3n) is 5.50. The summed E-state index contributed by atoms with van der Waals surface area (Å²) >= 11 is 6.24. The van der Waals surface area contributed by atoms with Gasteiger partial charge in [0.25, 0.3) is 0 Å². The molecule has 3 heteroatoms. The Morgan fingerprint density at radius 2 is 1.70 bits per heavy atom. The van der Waals surface area contributed by atoms with Crippen LogP contribution in [-0.2, 0) is 0 Å². The molecule has 0 atom stereocenters. The highest BCUT2D eigenvalue weighted by molar-refractivity contribution is 6.32. The van der Waals surface area contributed by atoms with Crippen LogP contribution in [-0.4, -0.2) is 12.4 Å². The van der Waals surface area contributed by atoms with Gasteiger partial charge in [0.2, 0.25) is 0 Å². The summed E-state index contributed by atoms with van der Waals surface area (Å²) < 4.78 is 6.27. The summed E-state index contributed by atoms with van der Waals surface area (Å²) in [6, 6.07) is 5.32. The van der Waals surface area contributed by atoms with Crippen LogP contribution in [0.5, 0.6) is 5.75 Å². The van der Waals surface area contributed by atoms with Crippen LogP contribution in [0.1, 0.15) is 42.5 Å². The van der Waals surface area contributed by atoms with E-state index in [0.717, 1.165) is 23.9 Å². The van der Waals surface area contributed by atoms with E-state index in [1.165, 1.54) is 32.1 Å². The number of hydrogen-bond acceptors (Lipinski definition) is 2. The predicted octanol–water partition coefficient (Wildman–Crippen LogP) is 4.36. The van der Waals surface area contributed by atoms with E-state index in [1.54, 1.807) is 12.1 Å². The minimum absolute atomic E-state index is 0.336. The zero-order valence-corrected chi connectivity index (χ0v) is 12.2. The summed E-state index contributed by atoms with van der Waals surface area (Å²) in [6.45, 7) is 0. The van der Waals surface area contributed by atoms with Crippen molar-refractivity contribution in [2.45, 2.75) is 38.2 Å². The first-order valence-electron chi connectivity index (χ1n) is 7.64. The van der Waals surface area contributed by atoms with Crippen LogP contribution < -0.4 is 4.74 Å². The van der Waals surface area contributed by atoms with Crippen LogP contribution in [0.2, 0.25) is 5.02 Å². The fourth-order valence-corrected chi connectivity index (χ4v) is 5.13. The highest BCUT2D eigenvalue weighted by atomic mass is 35.5. The summed E-state index contributed by atoms with van der Waals surface area (Å²) in [5.41, 5.74) is 0.604. The topological polar surface area (TPSA) is 26.3 Å². The maximum atomic E-state index is 10.8. The van der Waals surface area contributed by atoms with Crippen molar-refractivity contribution in [3.63, 3.8) is 0 Å². The van der Waals surface area contributed by atoms with E-state index in [2.05, 4.69) is 0 Å². The minimum Gasteiger partial charge on any atom is -0.488 e. The molecule has 4 saturated carbocycles. The minimum atomic E-state index is 0.336. The molecule has 0 heterocycles. The molecule has 0 radical (unpaired) electrons. The van der Waals surface area contributed by atoms with Crippen molar-refractivity contribution < 1.29 is 9.53 Å². The van der Waals surface area contributed by atoms with E-state index >= 15 is 0 Å². The second-order valence-corrected chi connectivity index (χ2v) is 7.23. The monoisotopic (exact) mass is 290 g/mol. The highest BCUT2D eigenvalue weighted by Crippen LogP contribution is 2.54. The number of ether oxygens (including phenoxy) is 1. The van der Waals surface area contributed by atoms with Gasteiger partial charge in [-0.1, -0.05) is 11.6 Å². The fraction of sp³-hybridized carbons (Fsp3) is 0.588. The number of halogens is 1. The average molecular weight is 291 g/mol. The lowest BCUT2D eigenvalue weighted by molar-refractivity contribution is -0.0789. The highest BCUT2D eigenvalue weighted by Gasteiger charge is 2.49. The van der Waals surface area contributed by atoms with Gasteiger partial charge in [-0.3, -0.25) is 4.79 Å². The second-order valence-electron chi connectivity index (χ2n) is 6.82. The zero-order chi connectivity index (χ0) is 13.7. The van der Waals surface area contributed by atoms with E-state index in [-0.39, 0.29) is 0 Å². The van der Waals surface area contributed by atoms with Crippen molar-refractivity contribution in [2.75, 3.05) is 0 Å². The van der Waals surface area contributed by atoms with Gasteiger partial charge < -0.3 is 4.74 Å². The van der Waals surface area contributed by atoms with Crippen LogP contribution in [0.3, 0.4) is 0 Å². The molecule has 4 aliphatic rings. The van der Waals surface area contributed by atoms with Crippen LogP contribution >= 0.6 is 11.6 Å². The molecule has 0 saturated heterocycles. The van der Waals surface area contributed by atoms with Gasteiger partial charge in [-0.25, -0.2) is 0 Å². The molecule has 2 nitrogen and oxygen atoms in total. The summed E-state index contributed by atoms with van der Waals surface area (Å²) in [5.74, 6) is 4.08. The Morgan fingerprint density at radius 3 is 2.25 bits per heavy atom. The number of carbonyl (C=O) groups is 1. The number of rotatable bonds is 3. The van der Waals surface area contributed by atoms with Gasteiger partial charge in [0.15, 0.2) is 0 Å². The van der Waals surface area contributed by atoms with E-state index in [4.69, 9.17) is 16.3 Å². The van der Waals surface area contributed by atoms with E-state index < -0.39 is 0 Å². The molecule has 0 N–H and O–H groups in total. The van der Waals surface area contributed by atoms with Gasteiger partial charge in [0, 0.05) is 5.56 Å². The molecule has 5 rings (SSSR count). The molecule has 0 unspecified atom stereocenters. The van der Waals surface area contributed by atoms with Crippen LogP contribution in [0.15, 0.2) is 18.2 Å². The van der Waals surface area contributed by atoms with Gasteiger partial charge in [0.05, 0.1) is 5.02 Å². The van der Waals surface area contributed by atoms with Gasteiger partial charge in [-0.05, 0) is 74.0 Å². The summed E-state index contributed by atoms with van der Waals surface area (Å²) in [4.78, 5) is 10.8. The third-order valence-corrected chi connectivity index (χ3v) is 5.79. The molecule has 4 fully saturated rings.